The van der Waals surface area contributed by atoms with E-state index in [-0.39, 0.29) is 5.97 Å². The number of esters is 1. The molecule has 0 amide bonds. The summed E-state index contributed by atoms with van der Waals surface area (Å²) in [5.41, 5.74) is 4.38. The third-order valence-electron chi connectivity index (χ3n) is 6.01. The summed E-state index contributed by atoms with van der Waals surface area (Å²) in [7, 11) is 0. The minimum atomic E-state index is -0.652. The molecule has 2 aromatic carbocycles. The molecule has 1 heterocycles. The van der Waals surface area contributed by atoms with E-state index in [1.165, 1.54) is 31.2 Å². The molecule has 186 valence electrons. The van der Waals surface area contributed by atoms with Crippen LogP contribution in [0, 0.1) is 0 Å². The number of benzene rings is 2. The Bertz CT molecular complexity index is 1010. The first-order valence-electron chi connectivity index (χ1n) is 13.0. The predicted molar refractivity (Wildman–Crippen MR) is 141 cm³/mol. The van der Waals surface area contributed by atoms with Gasteiger partial charge in [0.15, 0.2) is 11.9 Å². The third-order valence-corrected chi connectivity index (χ3v) is 6.01. The van der Waals surface area contributed by atoms with Crippen molar-refractivity contribution < 1.29 is 14.3 Å². The summed E-state index contributed by atoms with van der Waals surface area (Å²) in [6, 6.07) is 16.2. The van der Waals surface area contributed by atoms with E-state index in [4.69, 9.17) is 9.47 Å². The van der Waals surface area contributed by atoms with Crippen molar-refractivity contribution in [2.45, 2.75) is 78.2 Å². The van der Waals surface area contributed by atoms with Gasteiger partial charge in [-0.2, -0.15) is 0 Å². The number of carbonyl (C=O) groups is 1. The number of hydrogen-bond acceptors (Lipinski definition) is 5. The van der Waals surface area contributed by atoms with E-state index >= 15 is 0 Å². The van der Waals surface area contributed by atoms with Crippen LogP contribution < -0.4 is 4.74 Å². The second-order valence-corrected chi connectivity index (χ2v) is 8.96. The Hall–Kier alpha value is -3.21. The number of carbonyl (C=O) groups excluding carboxylic acids is 1. The molecule has 5 nitrogen and oxygen atoms in total. The van der Waals surface area contributed by atoms with Crippen molar-refractivity contribution in [2.24, 2.45) is 0 Å². The Morgan fingerprint density at radius 1 is 0.771 bits per heavy atom. The monoisotopic (exact) mass is 474 g/mol. The van der Waals surface area contributed by atoms with Crippen molar-refractivity contribution in [3.63, 3.8) is 0 Å². The average molecular weight is 475 g/mol. The van der Waals surface area contributed by atoms with Gasteiger partial charge in [-0.25, -0.2) is 14.8 Å². The van der Waals surface area contributed by atoms with Gasteiger partial charge in [0.1, 0.15) is 5.75 Å². The summed E-state index contributed by atoms with van der Waals surface area (Å²) in [6.07, 6.45) is 12.4. The van der Waals surface area contributed by atoms with Crippen LogP contribution in [-0.4, -0.2) is 28.6 Å². The van der Waals surface area contributed by atoms with E-state index in [2.05, 4.69) is 48.1 Å². The van der Waals surface area contributed by atoms with Gasteiger partial charge in [-0.05, 0) is 61.6 Å². The summed E-state index contributed by atoms with van der Waals surface area (Å²) in [5.74, 6) is 0.919. The lowest BCUT2D eigenvalue weighted by molar-refractivity contribution is -0.151. The van der Waals surface area contributed by atoms with Gasteiger partial charge in [-0.3, -0.25) is 0 Å². The molecule has 3 rings (SSSR count). The Morgan fingerprint density at radius 2 is 1.40 bits per heavy atom. The minimum absolute atomic E-state index is 0.339. The molecule has 1 aromatic heterocycles. The lowest BCUT2D eigenvalue weighted by Crippen LogP contribution is -2.26. The predicted octanol–water partition coefficient (Wildman–Crippen LogP) is 7.43. The van der Waals surface area contributed by atoms with Gasteiger partial charge >= 0.3 is 5.97 Å². The van der Waals surface area contributed by atoms with Crippen LogP contribution in [0.1, 0.15) is 71.3 Å². The summed E-state index contributed by atoms with van der Waals surface area (Å²) >= 11 is 0. The lowest BCUT2D eigenvalue weighted by atomic mass is 10.0. The van der Waals surface area contributed by atoms with E-state index in [1.807, 2.05) is 36.7 Å². The van der Waals surface area contributed by atoms with Crippen LogP contribution in [0.3, 0.4) is 0 Å². The zero-order valence-corrected chi connectivity index (χ0v) is 21.3. The van der Waals surface area contributed by atoms with Crippen molar-refractivity contribution >= 4 is 5.97 Å². The van der Waals surface area contributed by atoms with E-state index < -0.39 is 6.10 Å². The topological polar surface area (TPSA) is 61.3 Å². The number of nitrogens with zero attached hydrogens (tertiary/aromatic N) is 2. The largest absolute Gasteiger partial charge is 0.479 e. The lowest BCUT2D eigenvalue weighted by Gasteiger charge is -2.14. The van der Waals surface area contributed by atoms with Gasteiger partial charge in [-0.15, -0.1) is 0 Å². The van der Waals surface area contributed by atoms with Crippen molar-refractivity contribution in [3.8, 4) is 28.3 Å². The van der Waals surface area contributed by atoms with Gasteiger partial charge in [-0.1, -0.05) is 70.2 Å². The minimum Gasteiger partial charge on any atom is -0.479 e. The van der Waals surface area contributed by atoms with Gasteiger partial charge in [0.2, 0.25) is 0 Å². The first-order valence-corrected chi connectivity index (χ1v) is 13.0. The van der Waals surface area contributed by atoms with Crippen LogP contribution in [0.5, 0.6) is 5.75 Å². The van der Waals surface area contributed by atoms with Crippen LogP contribution in [0.15, 0.2) is 60.9 Å². The molecule has 0 N–H and O–H groups in total. The standard InChI is InChI=1S/C30H38N2O3/c1-4-6-8-9-11-24-12-14-25(15-13-24)27-21-31-29(32-22-27)26-16-18-28(19-17-26)35-23(3)30(33)34-20-10-7-5-2/h12-19,21-23H,4-11,20H2,1-3H3. The second-order valence-electron chi connectivity index (χ2n) is 8.96. The Morgan fingerprint density at radius 3 is 2.06 bits per heavy atom. The number of aryl methyl sites for hydroxylation is 1. The fourth-order valence-corrected chi connectivity index (χ4v) is 3.82. The normalized spacial score (nSPS) is 11.7. The van der Waals surface area contributed by atoms with Gasteiger partial charge in [0.25, 0.3) is 0 Å². The molecule has 0 fully saturated rings. The summed E-state index contributed by atoms with van der Waals surface area (Å²) in [5, 5.41) is 0. The quantitative estimate of drug-likeness (QED) is 0.179. The number of hydrogen-bond donors (Lipinski definition) is 0. The molecule has 0 aliphatic heterocycles. The van der Waals surface area contributed by atoms with Crippen molar-refractivity contribution in [1.82, 2.24) is 9.97 Å². The first-order chi connectivity index (χ1) is 17.1. The Balaban J connectivity index is 1.53. The molecule has 1 unspecified atom stereocenters. The van der Waals surface area contributed by atoms with Crippen molar-refractivity contribution in [2.75, 3.05) is 6.61 Å². The van der Waals surface area contributed by atoms with Crippen LogP contribution in [0.4, 0.5) is 0 Å². The molecule has 0 saturated heterocycles. The molecular weight excluding hydrogens is 436 g/mol. The highest BCUT2D eigenvalue weighted by molar-refractivity contribution is 5.74. The van der Waals surface area contributed by atoms with Gasteiger partial charge < -0.3 is 9.47 Å². The number of aromatic nitrogens is 2. The van der Waals surface area contributed by atoms with Crippen LogP contribution >= 0.6 is 0 Å². The van der Waals surface area contributed by atoms with Crippen LogP contribution in [0.2, 0.25) is 0 Å². The zero-order chi connectivity index (χ0) is 24.9. The maximum Gasteiger partial charge on any atom is 0.347 e. The maximum atomic E-state index is 12.1. The molecule has 0 saturated carbocycles. The van der Waals surface area contributed by atoms with Crippen molar-refractivity contribution in [1.29, 1.82) is 0 Å². The summed E-state index contributed by atoms with van der Waals surface area (Å²) in [6.45, 7) is 6.50. The Kier molecular flexibility index (Phi) is 10.7. The highest BCUT2D eigenvalue weighted by Gasteiger charge is 2.16. The molecule has 0 radical (unpaired) electrons. The smallest absolute Gasteiger partial charge is 0.347 e. The van der Waals surface area contributed by atoms with E-state index in [9.17, 15) is 4.79 Å². The highest BCUT2D eigenvalue weighted by atomic mass is 16.6. The molecule has 35 heavy (non-hydrogen) atoms. The molecule has 5 heteroatoms. The number of rotatable bonds is 14. The molecule has 0 aliphatic rings. The second kappa shape index (κ2) is 14.2. The molecule has 0 aliphatic carbocycles. The fourth-order valence-electron chi connectivity index (χ4n) is 3.82. The van der Waals surface area contributed by atoms with Crippen molar-refractivity contribution in [3.05, 3.63) is 66.5 Å². The third kappa shape index (κ3) is 8.50. The van der Waals surface area contributed by atoms with Gasteiger partial charge in [0.05, 0.1) is 6.61 Å². The van der Waals surface area contributed by atoms with E-state index in [0.29, 0.717) is 18.2 Å². The summed E-state index contributed by atoms with van der Waals surface area (Å²) < 4.78 is 11.0. The average Bonchev–Trinajstić information content (AvgIpc) is 2.90. The zero-order valence-electron chi connectivity index (χ0n) is 21.3. The fraction of sp³-hybridized carbons (Fsp3) is 0.433. The Labute approximate surface area is 209 Å². The molecule has 3 aromatic rings. The van der Waals surface area contributed by atoms with E-state index in [1.54, 1.807) is 6.92 Å². The number of unbranched alkanes of at least 4 members (excludes halogenated alkanes) is 5. The summed E-state index contributed by atoms with van der Waals surface area (Å²) in [4.78, 5) is 21.2. The molecule has 0 bridgehead atoms. The first kappa shape index (κ1) is 26.4. The molecule has 1 atom stereocenters. The highest BCUT2D eigenvalue weighted by Crippen LogP contribution is 2.23. The van der Waals surface area contributed by atoms with E-state index in [0.717, 1.165) is 42.4 Å². The van der Waals surface area contributed by atoms with Crippen LogP contribution in [0.25, 0.3) is 22.5 Å². The SMILES string of the molecule is CCCCCCc1ccc(-c2cnc(-c3ccc(OC(C)C(=O)OCCCCC)cc3)nc2)cc1. The molecule has 0 spiro atoms. The van der Waals surface area contributed by atoms with Crippen LogP contribution in [-0.2, 0) is 16.0 Å². The molecular formula is C30H38N2O3. The maximum absolute atomic E-state index is 12.1. The number of ether oxygens (including phenoxy) is 2. The van der Waals surface area contributed by atoms with Gasteiger partial charge in [0, 0.05) is 23.5 Å².